The highest BCUT2D eigenvalue weighted by atomic mass is 16.6. The van der Waals surface area contributed by atoms with E-state index in [4.69, 9.17) is 5.73 Å². The van der Waals surface area contributed by atoms with Gasteiger partial charge in [-0.15, -0.1) is 0 Å². The van der Waals surface area contributed by atoms with Crippen molar-refractivity contribution in [2.45, 2.75) is 20.4 Å². The summed E-state index contributed by atoms with van der Waals surface area (Å²) in [6, 6.07) is 3.97. The number of nitro groups is 1. The minimum absolute atomic E-state index is 0.0390. The summed E-state index contributed by atoms with van der Waals surface area (Å²) < 4.78 is 1.10. The monoisotopic (exact) mass is 290 g/mol. The smallest absolute Gasteiger partial charge is 0.269 e. The zero-order valence-electron chi connectivity index (χ0n) is 11.5. The normalized spacial score (nSPS) is 10.6. The predicted molar refractivity (Wildman–Crippen MR) is 77.4 cm³/mol. The molecule has 2 aromatic rings. The van der Waals surface area contributed by atoms with Crippen LogP contribution >= 0.6 is 0 Å². The number of nitro benzene ring substituents is 1. The highest BCUT2D eigenvalue weighted by molar-refractivity contribution is 5.52. The molecule has 0 unspecified atom stereocenters. The fourth-order valence-electron chi connectivity index (χ4n) is 1.91. The molecule has 0 aliphatic rings. The van der Waals surface area contributed by atoms with Crippen molar-refractivity contribution in [1.29, 1.82) is 0 Å². The third kappa shape index (κ3) is 2.69. The molecule has 0 saturated heterocycles. The SMILES string of the molecule is Cc1c(C)c(=O)n(Cc2cc([N+](=O)[O-])ccc2N)[nH]c1=O. The van der Waals surface area contributed by atoms with E-state index < -0.39 is 4.92 Å². The molecule has 3 N–H and O–H groups in total. The van der Waals surface area contributed by atoms with Gasteiger partial charge in [0.25, 0.3) is 16.8 Å². The van der Waals surface area contributed by atoms with Crippen molar-refractivity contribution in [3.05, 3.63) is 65.7 Å². The minimum atomic E-state index is -0.547. The highest BCUT2D eigenvalue weighted by Gasteiger charge is 2.12. The standard InChI is InChI=1S/C13H14N4O4/c1-7-8(2)13(19)16(15-12(7)18)6-9-5-10(17(20)21)3-4-11(9)14/h3-5H,6,14H2,1-2H3,(H,15,18). The van der Waals surface area contributed by atoms with Crippen molar-refractivity contribution in [2.75, 3.05) is 5.73 Å². The highest BCUT2D eigenvalue weighted by Crippen LogP contribution is 2.19. The number of aromatic nitrogens is 2. The first-order chi connectivity index (χ1) is 9.81. The third-order valence-corrected chi connectivity index (χ3v) is 3.37. The van der Waals surface area contributed by atoms with Gasteiger partial charge in [-0.25, -0.2) is 4.68 Å². The lowest BCUT2D eigenvalue weighted by Gasteiger charge is -2.10. The van der Waals surface area contributed by atoms with Crippen LogP contribution in [0, 0.1) is 24.0 Å². The van der Waals surface area contributed by atoms with Crippen molar-refractivity contribution < 1.29 is 4.92 Å². The van der Waals surface area contributed by atoms with E-state index in [2.05, 4.69) is 5.10 Å². The van der Waals surface area contributed by atoms with Gasteiger partial charge in [0.2, 0.25) is 0 Å². The van der Waals surface area contributed by atoms with E-state index in [0.717, 1.165) is 4.68 Å². The largest absolute Gasteiger partial charge is 0.398 e. The lowest BCUT2D eigenvalue weighted by molar-refractivity contribution is -0.384. The summed E-state index contributed by atoms with van der Waals surface area (Å²) >= 11 is 0. The van der Waals surface area contributed by atoms with Crippen LogP contribution in [0.15, 0.2) is 27.8 Å². The Morgan fingerprint density at radius 2 is 1.95 bits per heavy atom. The van der Waals surface area contributed by atoms with E-state index in [-0.39, 0.29) is 23.4 Å². The van der Waals surface area contributed by atoms with Crippen molar-refractivity contribution in [3.8, 4) is 0 Å². The number of benzene rings is 1. The van der Waals surface area contributed by atoms with E-state index in [1.165, 1.54) is 18.2 Å². The molecule has 110 valence electrons. The number of hydrogen-bond acceptors (Lipinski definition) is 5. The second-order valence-corrected chi connectivity index (χ2v) is 4.72. The van der Waals surface area contributed by atoms with E-state index in [1.807, 2.05) is 0 Å². The summed E-state index contributed by atoms with van der Waals surface area (Å²) in [7, 11) is 0. The Labute approximate surface area is 119 Å². The molecule has 2 rings (SSSR count). The third-order valence-electron chi connectivity index (χ3n) is 3.37. The van der Waals surface area contributed by atoms with Crippen LogP contribution < -0.4 is 16.9 Å². The molecule has 0 atom stereocenters. The molecule has 0 saturated carbocycles. The number of nitrogens with zero attached hydrogens (tertiary/aromatic N) is 2. The summed E-state index contributed by atoms with van der Waals surface area (Å²) in [4.78, 5) is 34.0. The van der Waals surface area contributed by atoms with Gasteiger partial charge >= 0.3 is 0 Å². The van der Waals surface area contributed by atoms with Crippen LogP contribution in [0.5, 0.6) is 0 Å². The fourth-order valence-corrected chi connectivity index (χ4v) is 1.91. The summed E-state index contributed by atoms with van der Waals surface area (Å²) in [5.41, 5.74) is 6.29. The van der Waals surface area contributed by atoms with E-state index in [9.17, 15) is 19.7 Å². The Hall–Kier alpha value is -2.90. The van der Waals surface area contributed by atoms with Crippen molar-refractivity contribution >= 4 is 11.4 Å². The Kier molecular flexibility index (Phi) is 3.62. The van der Waals surface area contributed by atoms with Crippen molar-refractivity contribution in [3.63, 3.8) is 0 Å². The first-order valence-corrected chi connectivity index (χ1v) is 6.14. The fraction of sp³-hybridized carbons (Fsp3) is 0.231. The molecule has 21 heavy (non-hydrogen) atoms. The number of hydrogen-bond donors (Lipinski definition) is 2. The number of nitrogens with one attached hydrogen (secondary N) is 1. The van der Waals surface area contributed by atoms with Crippen LogP contribution in [-0.2, 0) is 6.54 Å². The molecule has 1 aromatic heterocycles. The topological polar surface area (TPSA) is 124 Å². The Bertz CT molecular complexity index is 835. The van der Waals surface area contributed by atoms with Gasteiger partial charge in [-0.05, 0) is 19.9 Å². The lowest BCUT2D eigenvalue weighted by Crippen LogP contribution is -2.33. The van der Waals surface area contributed by atoms with E-state index >= 15 is 0 Å². The second kappa shape index (κ2) is 5.23. The maximum absolute atomic E-state index is 12.1. The second-order valence-electron chi connectivity index (χ2n) is 4.72. The molecule has 8 heteroatoms. The predicted octanol–water partition coefficient (Wildman–Crippen LogP) is 0.692. The van der Waals surface area contributed by atoms with Gasteiger partial charge in [-0.1, -0.05) is 0 Å². The van der Waals surface area contributed by atoms with E-state index in [0.29, 0.717) is 22.4 Å². The molecule has 1 heterocycles. The van der Waals surface area contributed by atoms with Crippen LogP contribution in [0.2, 0.25) is 0 Å². The molecule has 0 aliphatic heterocycles. The lowest BCUT2D eigenvalue weighted by atomic mass is 10.1. The van der Waals surface area contributed by atoms with Gasteiger partial charge in [0.15, 0.2) is 0 Å². The number of nitrogen functional groups attached to an aromatic ring is 1. The van der Waals surface area contributed by atoms with Crippen LogP contribution in [-0.4, -0.2) is 14.7 Å². The molecule has 1 aromatic carbocycles. The Morgan fingerprint density at radius 3 is 2.57 bits per heavy atom. The quantitative estimate of drug-likeness (QED) is 0.489. The summed E-state index contributed by atoms with van der Waals surface area (Å²) in [5.74, 6) is 0. The summed E-state index contributed by atoms with van der Waals surface area (Å²) in [5, 5.41) is 13.2. The molecule has 0 spiro atoms. The molecular formula is C13H14N4O4. The molecule has 8 nitrogen and oxygen atoms in total. The number of rotatable bonds is 3. The van der Waals surface area contributed by atoms with Crippen molar-refractivity contribution in [1.82, 2.24) is 9.78 Å². The zero-order valence-corrected chi connectivity index (χ0v) is 11.5. The maximum atomic E-state index is 12.1. The average Bonchev–Trinajstić information content (AvgIpc) is 2.44. The maximum Gasteiger partial charge on any atom is 0.269 e. The molecule has 0 aliphatic carbocycles. The van der Waals surface area contributed by atoms with E-state index in [1.54, 1.807) is 13.8 Å². The van der Waals surface area contributed by atoms with Gasteiger partial charge in [0, 0.05) is 34.5 Å². The van der Waals surface area contributed by atoms with Crippen LogP contribution in [0.1, 0.15) is 16.7 Å². The van der Waals surface area contributed by atoms with Gasteiger partial charge in [-0.2, -0.15) is 0 Å². The number of nitrogens with two attached hydrogens (primary N) is 1. The molecule has 0 radical (unpaired) electrons. The number of non-ortho nitro benzene ring substituents is 1. The first-order valence-electron chi connectivity index (χ1n) is 6.14. The van der Waals surface area contributed by atoms with Crippen LogP contribution in [0.3, 0.4) is 0 Å². The molecule has 0 amide bonds. The van der Waals surface area contributed by atoms with Crippen LogP contribution in [0.4, 0.5) is 11.4 Å². The Balaban J connectivity index is 2.53. The summed E-state index contributed by atoms with van der Waals surface area (Å²) in [6.07, 6.45) is 0. The molecule has 0 bridgehead atoms. The van der Waals surface area contributed by atoms with Crippen LogP contribution in [0.25, 0.3) is 0 Å². The first kappa shape index (κ1) is 14.5. The van der Waals surface area contributed by atoms with Crippen molar-refractivity contribution in [2.24, 2.45) is 0 Å². The Morgan fingerprint density at radius 1 is 1.29 bits per heavy atom. The van der Waals surface area contributed by atoms with Gasteiger partial charge in [-0.3, -0.25) is 24.8 Å². The molecular weight excluding hydrogens is 276 g/mol. The number of aromatic amines is 1. The number of H-pyrrole nitrogens is 1. The van der Waals surface area contributed by atoms with Gasteiger partial charge in [0.1, 0.15) is 0 Å². The average molecular weight is 290 g/mol. The minimum Gasteiger partial charge on any atom is -0.398 e. The number of anilines is 1. The van der Waals surface area contributed by atoms with Gasteiger partial charge < -0.3 is 5.73 Å². The summed E-state index contributed by atoms with van der Waals surface area (Å²) in [6.45, 7) is 3.07. The van der Waals surface area contributed by atoms with Gasteiger partial charge in [0.05, 0.1) is 11.5 Å². The zero-order chi connectivity index (χ0) is 15.7. The molecule has 0 fully saturated rings.